The molecule has 7 atom stereocenters. The molecule has 6 rings (SSSR count). The van der Waals surface area contributed by atoms with Crippen molar-refractivity contribution in [2.24, 2.45) is 17.8 Å². The summed E-state index contributed by atoms with van der Waals surface area (Å²) in [7, 11) is 2.67. The van der Waals surface area contributed by atoms with E-state index in [4.69, 9.17) is 30.1 Å². The summed E-state index contributed by atoms with van der Waals surface area (Å²) in [6, 6.07) is -1.20. The molecule has 1 fully saturated rings. The van der Waals surface area contributed by atoms with Gasteiger partial charge in [-0.1, -0.05) is 78.3 Å². The minimum atomic E-state index is -1.14. The first-order valence-electron chi connectivity index (χ1n) is 15.7. The molecule has 0 aromatic carbocycles. The summed E-state index contributed by atoms with van der Waals surface area (Å²) in [6.45, 7) is 14.4. The van der Waals surface area contributed by atoms with Crippen LogP contribution < -0.4 is 31.4 Å². The number of carbonyl (C=O) groups excluding carboxylic acids is 3. The number of hydrogen-bond acceptors (Lipinski definition) is 5. The van der Waals surface area contributed by atoms with Crippen LogP contribution in [0.4, 0.5) is 0 Å². The maximum Gasteiger partial charge on any atom is 4.00 e. The largest absolute Gasteiger partial charge is 4.00 e. The average molecular weight is 727 g/mol. The average Bonchev–Trinajstić information content (AvgIpc) is 3.76. The first kappa shape index (κ1) is 34.2. The fourth-order valence-electron chi connectivity index (χ4n) is 7.82. The molecule has 5 heterocycles. The number of methoxy groups -OCH3 is 2. The molecule has 10 heteroatoms. The van der Waals surface area contributed by atoms with Gasteiger partial charge in [0.05, 0.1) is 14.2 Å². The Bertz CT molecular complexity index is 1900. The zero-order valence-electron chi connectivity index (χ0n) is 27.5. The zero-order chi connectivity index (χ0) is 32.3. The van der Waals surface area contributed by atoms with Gasteiger partial charge in [0.25, 0.3) is 0 Å². The molecule has 3 aliphatic heterocycles. The first-order valence-corrected chi connectivity index (χ1v) is 15.7. The molecule has 0 N–H and O–H groups in total. The third-order valence-corrected chi connectivity index (χ3v) is 10.4. The van der Waals surface area contributed by atoms with E-state index in [1.807, 2.05) is 26.0 Å². The quantitative estimate of drug-likeness (QED) is 0.193. The van der Waals surface area contributed by atoms with Crippen molar-refractivity contribution in [1.29, 1.82) is 0 Å². The number of Topliss-reactive ketones (excluding diaryl/α,β-unsaturated/α-hetero) is 1. The van der Waals surface area contributed by atoms with Crippen LogP contribution >= 0.6 is 0 Å². The van der Waals surface area contributed by atoms with Gasteiger partial charge in [-0.2, -0.15) is 0 Å². The van der Waals surface area contributed by atoms with Crippen molar-refractivity contribution in [3.05, 3.63) is 72.0 Å². The van der Waals surface area contributed by atoms with Crippen molar-refractivity contribution in [3.8, 4) is 0 Å². The predicted molar refractivity (Wildman–Crippen MR) is 179 cm³/mol. The molecule has 2 aromatic rings. The van der Waals surface area contributed by atoms with Gasteiger partial charge in [-0.25, -0.2) is 0 Å². The summed E-state index contributed by atoms with van der Waals surface area (Å²) in [4.78, 5) is 49.8. The number of carbonyl (C=O) groups is 3. The molecule has 46 heavy (non-hydrogen) atoms. The number of aromatic nitrogens is 2. The molecule has 0 radical (unpaired) electrons. The summed E-state index contributed by atoms with van der Waals surface area (Å²) < 4.78 is 10.2. The Labute approximate surface area is 286 Å². The molecule has 1 aliphatic carbocycles. The van der Waals surface area contributed by atoms with E-state index in [2.05, 4.69) is 39.5 Å². The van der Waals surface area contributed by atoms with Gasteiger partial charge in [-0.15, -0.1) is 51.7 Å². The third kappa shape index (κ3) is 5.38. The van der Waals surface area contributed by atoms with E-state index in [0.29, 0.717) is 28.3 Å². The maximum absolute atomic E-state index is 14.1. The SMILES string of the molecule is C=Cc1c(C)/c2[n-]/c1=C\C1[N-]C(/C=c3\[n-]c4c(c3C)C(=O)C(C(=O)OC)C=4C3[N-]C(\C=2)C(C)C3CCC(=O)OC)C(CC)=C1C.[Sn+4]. The number of ketones is 1. The van der Waals surface area contributed by atoms with E-state index >= 15 is 0 Å². The monoisotopic (exact) mass is 728 g/mol. The van der Waals surface area contributed by atoms with Crippen LogP contribution in [0.3, 0.4) is 0 Å². The molecule has 2 aromatic heterocycles. The van der Waals surface area contributed by atoms with Crippen LogP contribution in [-0.2, 0) is 19.1 Å². The smallest absolute Gasteiger partial charge is 0.658 e. The topological polar surface area (TPSA) is 126 Å². The maximum atomic E-state index is 14.1. The third-order valence-electron chi connectivity index (χ3n) is 10.4. The second-order valence-corrected chi connectivity index (χ2v) is 12.6. The molecule has 238 valence electrons. The van der Waals surface area contributed by atoms with Gasteiger partial charge in [-0.05, 0) is 39.2 Å². The zero-order valence-corrected chi connectivity index (χ0v) is 30.4. The summed E-state index contributed by atoms with van der Waals surface area (Å²) in [5.41, 5.74) is 6.11. The summed E-state index contributed by atoms with van der Waals surface area (Å²) in [5, 5.41) is 13.3. The van der Waals surface area contributed by atoms with E-state index < -0.39 is 17.9 Å². The molecule has 9 nitrogen and oxygen atoms in total. The number of hydrogen-bond donors (Lipinski definition) is 0. The van der Waals surface area contributed by atoms with Gasteiger partial charge >= 0.3 is 35.8 Å². The number of rotatable bonds is 6. The van der Waals surface area contributed by atoms with Crippen molar-refractivity contribution in [3.63, 3.8) is 0 Å². The molecule has 1 saturated heterocycles. The Morgan fingerprint density at radius 2 is 1.65 bits per heavy atom. The van der Waals surface area contributed by atoms with Crippen molar-refractivity contribution in [1.82, 2.24) is 9.97 Å². The molecular weight excluding hydrogens is 687 g/mol. The Balaban J connectivity index is 0.00000417. The van der Waals surface area contributed by atoms with Crippen LogP contribution in [0, 0.1) is 31.6 Å². The normalized spacial score (nSPS) is 30.1. The van der Waals surface area contributed by atoms with Gasteiger partial charge in [0.1, 0.15) is 5.92 Å². The van der Waals surface area contributed by atoms with E-state index in [9.17, 15) is 14.4 Å². The molecule has 0 spiro atoms. The second kappa shape index (κ2) is 13.2. The Kier molecular flexibility index (Phi) is 9.78. The number of esters is 2. The molecular formula is C36H40N4O5Sn. The molecule has 7 unspecified atom stereocenters. The van der Waals surface area contributed by atoms with Crippen molar-refractivity contribution >= 4 is 71.5 Å². The van der Waals surface area contributed by atoms with Gasteiger partial charge in [0.2, 0.25) is 0 Å². The molecule has 8 bridgehead atoms. The number of nitrogens with zero attached hydrogens (tertiary/aromatic N) is 4. The van der Waals surface area contributed by atoms with Gasteiger partial charge < -0.3 is 30.1 Å². The first-order chi connectivity index (χ1) is 21.5. The second-order valence-electron chi connectivity index (χ2n) is 12.6. The fourth-order valence-corrected chi connectivity index (χ4v) is 7.82. The van der Waals surface area contributed by atoms with Crippen LogP contribution in [0.25, 0.3) is 40.5 Å². The minimum Gasteiger partial charge on any atom is -0.658 e. The van der Waals surface area contributed by atoms with Crippen LogP contribution in [0.5, 0.6) is 0 Å². The summed E-state index contributed by atoms with van der Waals surface area (Å²) >= 11 is 0. The van der Waals surface area contributed by atoms with Crippen LogP contribution in [0.15, 0.2) is 17.7 Å². The molecule has 4 aliphatic rings. The Morgan fingerprint density at radius 3 is 2.30 bits per heavy atom. The standard InChI is InChI=1S/C36H40N4O5.Sn/c1-9-20-16(3)23-13-25-18(5)22(11-12-29(41)44-7)33(39-25)31-32(36(43)45-8)35(42)30-19(6)26(40-34(30)31)15-28-21(10-2)17(4)24(38-28)14-27(20)37-23;/h9,13-15,18,22,24-25,28,32-33H,1,10-12H2,2-8H3;/q-4;+4/b23-13-,26-15-,27-14-;. The van der Waals surface area contributed by atoms with E-state index in [1.54, 1.807) is 0 Å². The van der Waals surface area contributed by atoms with Crippen molar-refractivity contribution in [2.45, 2.75) is 78.0 Å². The minimum absolute atomic E-state index is 0. The van der Waals surface area contributed by atoms with E-state index in [-0.39, 0.29) is 72.0 Å². The van der Waals surface area contributed by atoms with E-state index in [0.717, 1.165) is 33.8 Å². The van der Waals surface area contributed by atoms with Crippen LogP contribution in [0.1, 0.15) is 67.1 Å². The fraction of sp³-hybridized carbons (Fsp3) is 0.472. The summed E-state index contributed by atoms with van der Waals surface area (Å²) in [5.74, 6) is -2.58. The van der Waals surface area contributed by atoms with E-state index in [1.165, 1.54) is 25.4 Å². The van der Waals surface area contributed by atoms with Crippen molar-refractivity contribution < 1.29 is 23.9 Å². The van der Waals surface area contributed by atoms with Gasteiger partial charge in [0, 0.05) is 12.0 Å². The Morgan fingerprint density at radius 1 is 0.957 bits per heavy atom. The predicted octanol–water partition coefficient (Wildman–Crippen LogP) is 1.85. The Hall–Kier alpha value is -3.15. The van der Waals surface area contributed by atoms with Gasteiger partial charge in [-0.3, -0.25) is 14.4 Å². The van der Waals surface area contributed by atoms with Crippen LogP contribution in [0.2, 0.25) is 0 Å². The molecule has 0 amide bonds. The van der Waals surface area contributed by atoms with Crippen LogP contribution in [-0.4, -0.2) is 80.0 Å². The molecule has 0 saturated carbocycles. The van der Waals surface area contributed by atoms with Gasteiger partial charge in [0.15, 0.2) is 5.78 Å². The number of ether oxygens (including phenoxy) is 2. The summed E-state index contributed by atoms with van der Waals surface area (Å²) in [6.07, 6.45) is 9.56. The number of fused-ring (bicyclic) bond motifs is 8. The van der Waals surface area contributed by atoms with Crippen molar-refractivity contribution in [2.75, 3.05) is 14.2 Å².